The molecule has 1 heterocycles. The molecule has 100 valence electrons. The topological polar surface area (TPSA) is 47.3 Å². The summed E-state index contributed by atoms with van der Waals surface area (Å²) < 4.78 is 7.66. The van der Waals surface area contributed by atoms with Crippen LogP contribution in [0.2, 0.25) is 0 Å². The van der Waals surface area contributed by atoms with Crippen LogP contribution >= 0.6 is 0 Å². The molecule has 3 rings (SSSR count). The lowest BCUT2D eigenvalue weighted by Crippen LogP contribution is -1.96. The summed E-state index contributed by atoms with van der Waals surface area (Å²) in [6.07, 6.45) is 5.29. The first-order chi connectivity index (χ1) is 9.26. The summed E-state index contributed by atoms with van der Waals surface area (Å²) in [6, 6.07) is 5.94. The number of rotatable bonds is 4. The van der Waals surface area contributed by atoms with Crippen molar-refractivity contribution in [3.05, 3.63) is 47.3 Å². The maximum absolute atomic E-state index is 9.76. The Morgan fingerprint density at radius 3 is 3.16 bits per heavy atom. The molecule has 0 fully saturated rings. The Balaban J connectivity index is 1.67. The number of ether oxygens (including phenoxy) is 1. The average molecular weight is 258 g/mol. The van der Waals surface area contributed by atoms with Gasteiger partial charge in [0.1, 0.15) is 12.4 Å². The van der Waals surface area contributed by atoms with Crippen molar-refractivity contribution in [3.63, 3.8) is 0 Å². The molecule has 2 aromatic rings. The molecular weight excluding hydrogens is 240 g/mol. The zero-order valence-corrected chi connectivity index (χ0v) is 11.0. The lowest BCUT2D eigenvalue weighted by Gasteiger charge is -2.08. The van der Waals surface area contributed by atoms with Crippen molar-refractivity contribution in [2.45, 2.75) is 39.0 Å². The van der Waals surface area contributed by atoms with Gasteiger partial charge >= 0.3 is 0 Å². The number of aliphatic hydroxyl groups excluding tert-OH is 1. The first kappa shape index (κ1) is 12.2. The van der Waals surface area contributed by atoms with Gasteiger partial charge in [0, 0.05) is 18.3 Å². The van der Waals surface area contributed by atoms with Crippen LogP contribution in [0.3, 0.4) is 0 Å². The van der Waals surface area contributed by atoms with Crippen molar-refractivity contribution in [2.24, 2.45) is 0 Å². The Labute approximate surface area is 112 Å². The molecule has 0 bridgehead atoms. The van der Waals surface area contributed by atoms with E-state index in [4.69, 9.17) is 4.74 Å². The molecule has 1 aromatic carbocycles. The average Bonchev–Trinajstić information content (AvgIpc) is 3.03. The van der Waals surface area contributed by atoms with Crippen LogP contribution in [0.25, 0.3) is 0 Å². The first-order valence-electron chi connectivity index (χ1n) is 6.71. The van der Waals surface area contributed by atoms with E-state index in [1.807, 2.05) is 35.3 Å². The highest BCUT2D eigenvalue weighted by Crippen LogP contribution is 2.33. The predicted molar refractivity (Wildman–Crippen MR) is 72.0 cm³/mol. The second-order valence-corrected chi connectivity index (χ2v) is 4.91. The number of hydrogen-bond donors (Lipinski definition) is 1. The summed E-state index contributed by atoms with van der Waals surface area (Å²) in [4.78, 5) is 0. The van der Waals surface area contributed by atoms with E-state index in [0.717, 1.165) is 36.3 Å². The summed E-state index contributed by atoms with van der Waals surface area (Å²) >= 11 is 0. The third-order valence-electron chi connectivity index (χ3n) is 3.58. The van der Waals surface area contributed by atoms with E-state index in [0.29, 0.717) is 6.61 Å². The first-order valence-corrected chi connectivity index (χ1v) is 6.71. The molecule has 0 aliphatic heterocycles. The zero-order valence-electron chi connectivity index (χ0n) is 11.0. The van der Waals surface area contributed by atoms with Crippen molar-refractivity contribution < 1.29 is 9.84 Å². The van der Waals surface area contributed by atoms with E-state index in [1.165, 1.54) is 5.56 Å². The number of aliphatic hydroxyl groups is 1. The zero-order chi connectivity index (χ0) is 13.2. The van der Waals surface area contributed by atoms with Crippen molar-refractivity contribution in [1.29, 1.82) is 0 Å². The number of benzene rings is 1. The van der Waals surface area contributed by atoms with Crippen LogP contribution in [0.5, 0.6) is 5.75 Å². The fraction of sp³-hybridized carbons (Fsp3) is 0.400. The molecule has 1 aromatic heterocycles. The van der Waals surface area contributed by atoms with Crippen LogP contribution in [0.1, 0.15) is 36.1 Å². The number of nitrogens with zero attached hydrogens (tertiary/aromatic N) is 2. The molecule has 4 heteroatoms. The maximum atomic E-state index is 9.76. The number of aromatic nitrogens is 2. The Bertz CT molecular complexity index is 577. The monoisotopic (exact) mass is 258 g/mol. The summed E-state index contributed by atoms with van der Waals surface area (Å²) in [5.41, 5.74) is 3.32. The summed E-state index contributed by atoms with van der Waals surface area (Å²) in [5, 5.41) is 14.0. The predicted octanol–water partition coefficient (Wildman–Crippen LogP) is 2.46. The van der Waals surface area contributed by atoms with Gasteiger partial charge in [0.25, 0.3) is 0 Å². The minimum atomic E-state index is -0.299. The summed E-state index contributed by atoms with van der Waals surface area (Å²) in [6.45, 7) is 3.46. The van der Waals surface area contributed by atoms with Crippen molar-refractivity contribution >= 4 is 0 Å². The van der Waals surface area contributed by atoms with Crippen LogP contribution in [0.4, 0.5) is 0 Å². The molecule has 19 heavy (non-hydrogen) atoms. The molecule has 1 N–H and O–H groups in total. The van der Waals surface area contributed by atoms with Gasteiger partial charge in [-0.3, -0.25) is 4.68 Å². The fourth-order valence-electron chi connectivity index (χ4n) is 2.48. The molecule has 1 aliphatic rings. The molecule has 0 radical (unpaired) electrons. The standard InChI is InChI=1S/C15H18N2O2/c1-2-17-9-11(8-16-17)10-19-13-4-5-14-12(7-13)3-6-15(14)18/h4-5,7-9,15,18H,2-3,6,10H2,1H3. The summed E-state index contributed by atoms with van der Waals surface area (Å²) in [5.74, 6) is 0.858. The third-order valence-corrected chi connectivity index (χ3v) is 3.58. The SMILES string of the molecule is CCn1cc(COc2ccc3c(c2)CCC3O)cn1. The van der Waals surface area contributed by atoms with Gasteiger partial charge in [-0.25, -0.2) is 0 Å². The highest BCUT2D eigenvalue weighted by Gasteiger charge is 2.20. The van der Waals surface area contributed by atoms with Gasteiger partial charge < -0.3 is 9.84 Å². The minimum absolute atomic E-state index is 0.299. The normalized spacial score (nSPS) is 17.5. The van der Waals surface area contributed by atoms with E-state index >= 15 is 0 Å². The third kappa shape index (κ3) is 2.49. The second-order valence-electron chi connectivity index (χ2n) is 4.91. The molecule has 1 aliphatic carbocycles. The number of fused-ring (bicyclic) bond motifs is 1. The van der Waals surface area contributed by atoms with Gasteiger partial charge in [0.15, 0.2) is 0 Å². The van der Waals surface area contributed by atoms with Crippen LogP contribution in [-0.4, -0.2) is 14.9 Å². The van der Waals surface area contributed by atoms with Gasteiger partial charge in [-0.1, -0.05) is 6.07 Å². The molecule has 0 spiro atoms. The van der Waals surface area contributed by atoms with Gasteiger partial charge in [-0.05, 0) is 43.0 Å². The van der Waals surface area contributed by atoms with E-state index < -0.39 is 0 Å². The van der Waals surface area contributed by atoms with E-state index in [9.17, 15) is 5.11 Å². The smallest absolute Gasteiger partial charge is 0.120 e. The van der Waals surface area contributed by atoms with E-state index in [1.54, 1.807) is 0 Å². The Morgan fingerprint density at radius 1 is 1.47 bits per heavy atom. The van der Waals surface area contributed by atoms with Gasteiger partial charge in [-0.2, -0.15) is 5.10 Å². The second kappa shape index (κ2) is 5.05. The van der Waals surface area contributed by atoms with Gasteiger partial charge in [-0.15, -0.1) is 0 Å². The quantitative estimate of drug-likeness (QED) is 0.916. The molecule has 0 saturated heterocycles. The molecule has 0 amide bonds. The van der Waals surface area contributed by atoms with Gasteiger partial charge in [0.2, 0.25) is 0 Å². The van der Waals surface area contributed by atoms with Crippen LogP contribution < -0.4 is 4.74 Å². The van der Waals surface area contributed by atoms with Crippen LogP contribution in [-0.2, 0) is 19.6 Å². The van der Waals surface area contributed by atoms with Crippen molar-refractivity contribution in [1.82, 2.24) is 9.78 Å². The maximum Gasteiger partial charge on any atom is 0.120 e. The number of hydrogen-bond acceptors (Lipinski definition) is 3. The Kier molecular flexibility index (Phi) is 3.25. The lowest BCUT2D eigenvalue weighted by atomic mass is 10.1. The fourth-order valence-corrected chi connectivity index (χ4v) is 2.48. The summed E-state index contributed by atoms with van der Waals surface area (Å²) in [7, 11) is 0. The molecule has 0 saturated carbocycles. The molecule has 1 atom stereocenters. The van der Waals surface area contributed by atoms with Gasteiger partial charge in [0.05, 0.1) is 12.3 Å². The Morgan fingerprint density at radius 2 is 2.37 bits per heavy atom. The highest BCUT2D eigenvalue weighted by atomic mass is 16.5. The molecular formula is C15H18N2O2. The lowest BCUT2D eigenvalue weighted by molar-refractivity contribution is 0.180. The minimum Gasteiger partial charge on any atom is -0.489 e. The number of aryl methyl sites for hydroxylation is 2. The van der Waals surface area contributed by atoms with Crippen molar-refractivity contribution in [2.75, 3.05) is 0 Å². The highest BCUT2D eigenvalue weighted by molar-refractivity contribution is 5.39. The van der Waals surface area contributed by atoms with E-state index in [-0.39, 0.29) is 6.10 Å². The van der Waals surface area contributed by atoms with Crippen LogP contribution in [0.15, 0.2) is 30.6 Å². The molecule has 1 unspecified atom stereocenters. The van der Waals surface area contributed by atoms with Crippen LogP contribution in [0, 0.1) is 0 Å². The molecule has 4 nitrogen and oxygen atoms in total. The van der Waals surface area contributed by atoms with E-state index in [2.05, 4.69) is 12.0 Å². The Hall–Kier alpha value is -1.81. The largest absolute Gasteiger partial charge is 0.489 e. The van der Waals surface area contributed by atoms with Crippen molar-refractivity contribution in [3.8, 4) is 5.75 Å².